The van der Waals surface area contributed by atoms with E-state index in [0.29, 0.717) is 10.8 Å². The smallest absolute Gasteiger partial charge is 0.168 e. The second kappa shape index (κ2) is 2.23. The minimum atomic E-state index is 0.143. The lowest BCUT2D eigenvalue weighted by molar-refractivity contribution is 0.0446. The normalized spacial score (nSPS) is 59.8. The monoisotopic (exact) mass is 218 g/mol. The lowest BCUT2D eigenvalue weighted by Gasteiger charge is -2.39. The van der Waals surface area contributed by atoms with Crippen molar-refractivity contribution in [2.75, 3.05) is 0 Å². The van der Waals surface area contributed by atoms with Crippen LogP contribution in [0.25, 0.3) is 0 Å². The highest BCUT2D eigenvalue weighted by atomic mass is 16.6. The molecule has 0 amide bonds. The van der Waals surface area contributed by atoms with Crippen molar-refractivity contribution in [2.24, 2.45) is 28.6 Å². The zero-order valence-electron chi connectivity index (χ0n) is 10.8. The largest absolute Gasteiger partial charge is 0.479 e. The molecule has 1 nitrogen and oxygen atoms in total. The van der Waals surface area contributed by atoms with Crippen molar-refractivity contribution in [1.82, 2.24) is 0 Å². The molecule has 2 bridgehead atoms. The van der Waals surface area contributed by atoms with E-state index >= 15 is 0 Å². The van der Waals surface area contributed by atoms with Gasteiger partial charge in [-0.25, -0.2) is 0 Å². The van der Waals surface area contributed by atoms with Gasteiger partial charge < -0.3 is 4.74 Å². The van der Waals surface area contributed by atoms with Crippen LogP contribution in [-0.2, 0) is 4.74 Å². The standard InChI is InChI=1S/C15H22O/c1-9-5-6-15-8-10(9)13(2,3)11(15)7-12-14(15,4)16-12/h7,9-11H,5-6,8H2,1-4H3/t9-,10-,11+,14-,15+/m1/s1. The third-order valence-corrected chi connectivity index (χ3v) is 6.68. The quantitative estimate of drug-likeness (QED) is 0.564. The zero-order valence-corrected chi connectivity index (χ0v) is 10.8. The number of rotatable bonds is 0. The summed E-state index contributed by atoms with van der Waals surface area (Å²) in [6, 6.07) is 0. The van der Waals surface area contributed by atoms with Crippen molar-refractivity contribution in [2.45, 2.75) is 52.6 Å². The van der Waals surface area contributed by atoms with Crippen LogP contribution in [-0.4, -0.2) is 5.60 Å². The molecule has 88 valence electrons. The van der Waals surface area contributed by atoms with Gasteiger partial charge in [-0.3, -0.25) is 0 Å². The van der Waals surface area contributed by atoms with Crippen LogP contribution in [0.4, 0.5) is 0 Å². The Balaban J connectivity index is 1.89. The minimum Gasteiger partial charge on any atom is -0.479 e. The summed E-state index contributed by atoms with van der Waals surface area (Å²) in [6.07, 6.45) is 6.68. The fraction of sp³-hybridized carbons (Fsp3) is 0.867. The second-order valence-corrected chi connectivity index (χ2v) is 7.45. The van der Waals surface area contributed by atoms with Crippen LogP contribution in [0.3, 0.4) is 0 Å². The van der Waals surface area contributed by atoms with Gasteiger partial charge in [0.25, 0.3) is 0 Å². The van der Waals surface area contributed by atoms with E-state index in [0.717, 1.165) is 17.8 Å². The number of allylic oxidation sites excluding steroid dienone is 1. The van der Waals surface area contributed by atoms with Crippen molar-refractivity contribution in [3.05, 3.63) is 11.8 Å². The molecule has 0 radical (unpaired) electrons. The van der Waals surface area contributed by atoms with Crippen LogP contribution in [0.2, 0.25) is 0 Å². The van der Waals surface area contributed by atoms with Crippen LogP contribution in [0.15, 0.2) is 11.8 Å². The Morgan fingerprint density at radius 3 is 2.81 bits per heavy atom. The summed E-state index contributed by atoms with van der Waals surface area (Å²) in [7, 11) is 0. The van der Waals surface area contributed by atoms with Crippen molar-refractivity contribution in [3.8, 4) is 0 Å². The van der Waals surface area contributed by atoms with Crippen molar-refractivity contribution >= 4 is 0 Å². The predicted molar refractivity (Wildman–Crippen MR) is 63.8 cm³/mol. The van der Waals surface area contributed by atoms with E-state index in [1.807, 2.05) is 0 Å². The third kappa shape index (κ3) is 0.716. The second-order valence-electron chi connectivity index (χ2n) is 7.45. The first-order valence-electron chi connectivity index (χ1n) is 6.83. The highest BCUT2D eigenvalue weighted by Crippen LogP contribution is 2.78. The van der Waals surface area contributed by atoms with Crippen LogP contribution < -0.4 is 0 Å². The fourth-order valence-corrected chi connectivity index (χ4v) is 5.59. The molecule has 4 aliphatic rings. The third-order valence-electron chi connectivity index (χ3n) is 6.68. The van der Waals surface area contributed by atoms with E-state index in [2.05, 4.69) is 33.8 Å². The summed E-state index contributed by atoms with van der Waals surface area (Å²) in [6.45, 7) is 9.79. The molecule has 2 saturated carbocycles. The highest BCUT2D eigenvalue weighted by Gasteiger charge is 2.77. The molecule has 0 unspecified atom stereocenters. The van der Waals surface area contributed by atoms with Crippen molar-refractivity contribution in [1.29, 1.82) is 0 Å². The molecule has 1 aliphatic heterocycles. The van der Waals surface area contributed by atoms with Gasteiger partial charge in [-0.15, -0.1) is 0 Å². The van der Waals surface area contributed by atoms with Crippen LogP contribution in [0.1, 0.15) is 47.0 Å². The number of epoxide rings is 1. The lowest BCUT2D eigenvalue weighted by Crippen LogP contribution is -2.39. The molecule has 1 spiro atoms. The molecule has 0 aromatic carbocycles. The average molecular weight is 218 g/mol. The van der Waals surface area contributed by atoms with Gasteiger partial charge >= 0.3 is 0 Å². The maximum atomic E-state index is 5.92. The summed E-state index contributed by atoms with van der Waals surface area (Å²) >= 11 is 0. The summed E-state index contributed by atoms with van der Waals surface area (Å²) in [5.41, 5.74) is 1.11. The topological polar surface area (TPSA) is 12.5 Å². The Morgan fingerprint density at radius 1 is 1.31 bits per heavy atom. The average Bonchev–Trinajstić information content (AvgIpc) is 2.76. The van der Waals surface area contributed by atoms with Crippen molar-refractivity contribution in [3.63, 3.8) is 0 Å². The number of ether oxygens (including phenoxy) is 1. The fourth-order valence-electron chi connectivity index (χ4n) is 5.59. The summed E-state index contributed by atoms with van der Waals surface area (Å²) in [4.78, 5) is 0. The van der Waals surface area contributed by atoms with Gasteiger partial charge in [0.05, 0.1) is 0 Å². The van der Waals surface area contributed by atoms with Crippen molar-refractivity contribution < 1.29 is 4.74 Å². The first kappa shape index (κ1) is 9.56. The molecule has 0 aromatic rings. The van der Waals surface area contributed by atoms with E-state index in [4.69, 9.17) is 4.74 Å². The van der Waals surface area contributed by atoms with Gasteiger partial charge in [0.1, 0.15) is 5.76 Å². The summed E-state index contributed by atoms with van der Waals surface area (Å²) in [5.74, 6) is 3.91. The Morgan fingerprint density at radius 2 is 2.06 bits per heavy atom. The van der Waals surface area contributed by atoms with E-state index in [1.165, 1.54) is 25.0 Å². The highest BCUT2D eigenvalue weighted by molar-refractivity contribution is 5.42. The SMILES string of the molecule is C[C@@H]1CC[C@]23C[C@H]1C(C)(C)[C@@H]2C=C1O[C@]13C. The van der Waals surface area contributed by atoms with Gasteiger partial charge in [-0.05, 0) is 55.4 Å². The lowest BCUT2D eigenvalue weighted by atomic mass is 9.64. The molecule has 3 fully saturated rings. The van der Waals surface area contributed by atoms with E-state index in [1.54, 1.807) is 0 Å². The maximum Gasteiger partial charge on any atom is 0.168 e. The Bertz CT molecular complexity index is 408. The van der Waals surface area contributed by atoms with E-state index < -0.39 is 0 Å². The molecule has 1 heterocycles. The molecule has 1 saturated heterocycles. The van der Waals surface area contributed by atoms with Crippen LogP contribution >= 0.6 is 0 Å². The Labute approximate surface area is 98.2 Å². The van der Waals surface area contributed by atoms with E-state index in [9.17, 15) is 0 Å². The van der Waals surface area contributed by atoms with Gasteiger partial charge in [0.15, 0.2) is 5.60 Å². The maximum absolute atomic E-state index is 5.92. The predicted octanol–water partition coefficient (Wildman–Crippen LogP) is 3.75. The molecule has 1 heteroatoms. The summed E-state index contributed by atoms with van der Waals surface area (Å²) in [5, 5.41) is 0. The number of hydrogen-bond acceptors (Lipinski definition) is 1. The van der Waals surface area contributed by atoms with Gasteiger partial charge in [-0.2, -0.15) is 0 Å². The first-order chi connectivity index (χ1) is 7.42. The Hall–Kier alpha value is -0.460. The Kier molecular flexibility index (Phi) is 1.33. The molecular weight excluding hydrogens is 196 g/mol. The molecule has 16 heavy (non-hydrogen) atoms. The molecule has 4 rings (SSSR count). The van der Waals surface area contributed by atoms with Gasteiger partial charge in [-0.1, -0.05) is 20.8 Å². The van der Waals surface area contributed by atoms with E-state index in [-0.39, 0.29) is 5.60 Å². The van der Waals surface area contributed by atoms with Gasteiger partial charge in [0.2, 0.25) is 0 Å². The molecule has 0 N–H and O–H groups in total. The number of hydrogen-bond donors (Lipinski definition) is 0. The number of fused-ring (bicyclic) bond motifs is 2. The summed E-state index contributed by atoms with van der Waals surface area (Å²) < 4.78 is 5.92. The minimum absolute atomic E-state index is 0.143. The molecule has 3 aliphatic carbocycles. The van der Waals surface area contributed by atoms with Crippen LogP contribution in [0, 0.1) is 28.6 Å². The molecule has 0 aromatic heterocycles. The molecule has 5 atom stereocenters. The van der Waals surface area contributed by atoms with Gasteiger partial charge in [0, 0.05) is 5.41 Å². The first-order valence-corrected chi connectivity index (χ1v) is 6.83. The zero-order chi connectivity index (χ0) is 11.3. The van der Waals surface area contributed by atoms with Crippen LogP contribution in [0.5, 0.6) is 0 Å². The molecular formula is C15H22O.